The number of methoxy groups -OCH3 is 1. The number of ether oxygens (including phenoxy) is 10. The summed E-state index contributed by atoms with van der Waals surface area (Å²) in [7, 11) is 1.64. The predicted molar refractivity (Wildman–Crippen MR) is 227 cm³/mol. The van der Waals surface area contributed by atoms with Gasteiger partial charge >= 0.3 is 5.69 Å². The quantitative estimate of drug-likeness (QED) is 0.0827. The lowest BCUT2D eigenvalue weighted by molar-refractivity contribution is -0.0247. The van der Waals surface area contributed by atoms with Gasteiger partial charge < -0.3 is 52.4 Å². The average Bonchev–Trinajstić information content (AvgIpc) is 3.73. The van der Waals surface area contributed by atoms with Gasteiger partial charge in [0.15, 0.2) is 5.65 Å². The zero-order valence-electron chi connectivity index (χ0n) is 35.9. The summed E-state index contributed by atoms with van der Waals surface area (Å²) in [5, 5.41) is 0. The third-order valence-electron chi connectivity index (χ3n) is 10.8. The molecule has 3 aromatic rings. The first-order valence-electron chi connectivity index (χ1n) is 22.2. The SMILES string of the molecule is COCCOCCOCCOCCOCCOCCOCCOCCOCCOc1cccc(-c2nc3c([nH]2)c(=O)n(CC2CCCCC2)c(=O)n3CC2CCCCC2)c1. The molecule has 0 amide bonds. The maximum atomic E-state index is 13.9. The predicted octanol–water partition coefficient (Wildman–Crippen LogP) is 4.87. The molecule has 5 rings (SSSR count). The molecular formula is C44H70N4O12. The average molecular weight is 847 g/mol. The van der Waals surface area contributed by atoms with Crippen molar-refractivity contribution in [2.24, 2.45) is 11.8 Å². The second-order valence-electron chi connectivity index (χ2n) is 15.4. The molecule has 0 saturated heterocycles. The van der Waals surface area contributed by atoms with Gasteiger partial charge in [0, 0.05) is 25.8 Å². The molecule has 16 nitrogen and oxygen atoms in total. The molecule has 0 unspecified atom stereocenters. The van der Waals surface area contributed by atoms with Crippen molar-refractivity contribution in [1.29, 1.82) is 0 Å². The van der Waals surface area contributed by atoms with Crippen LogP contribution in [0.25, 0.3) is 22.6 Å². The normalized spacial score (nSPS) is 15.3. The Kier molecular flexibility index (Phi) is 23.3. The van der Waals surface area contributed by atoms with Crippen LogP contribution in [0.5, 0.6) is 5.75 Å². The second-order valence-corrected chi connectivity index (χ2v) is 15.4. The third-order valence-corrected chi connectivity index (χ3v) is 10.8. The lowest BCUT2D eigenvalue weighted by Crippen LogP contribution is -2.42. The Morgan fingerprint density at radius 2 is 1.00 bits per heavy atom. The highest BCUT2D eigenvalue weighted by molar-refractivity contribution is 5.75. The maximum Gasteiger partial charge on any atom is 0.332 e. The number of nitrogens with one attached hydrogen (secondary N) is 1. The molecule has 2 saturated carbocycles. The zero-order valence-corrected chi connectivity index (χ0v) is 35.9. The summed E-state index contributed by atoms with van der Waals surface area (Å²) in [4.78, 5) is 35.9. The summed E-state index contributed by atoms with van der Waals surface area (Å²) < 4.78 is 58.2. The molecule has 0 bridgehead atoms. The second kappa shape index (κ2) is 29.2. The first kappa shape index (κ1) is 47.9. The third kappa shape index (κ3) is 17.3. The minimum atomic E-state index is -0.281. The van der Waals surface area contributed by atoms with Gasteiger partial charge in [0.25, 0.3) is 5.56 Å². The van der Waals surface area contributed by atoms with E-state index < -0.39 is 0 Å². The van der Waals surface area contributed by atoms with Crippen molar-refractivity contribution < 1.29 is 47.4 Å². The van der Waals surface area contributed by atoms with E-state index in [9.17, 15) is 9.59 Å². The maximum absolute atomic E-state index is 13.9. The van der Waals surface area contributed by atoms with Crippen LogP contribution in [-0.4, -0.2) is 145 Å². The highest BCUT2D eigenvalue weighted by Crippen LogP contribution is 2.28. The van der Waals surface area contributed by atoms with Crippen molar-refractivity contribution in [2.45, 2.75) is 77.3 Å². The highest BCUT2D eigenvalue weighted by Gasteiger charge is 2.24. The van der Waals surface area contributed by atoms with E-state index in [4.69, 9.17) is 52.4 Å². The summed E-state index contributed by atoms with van der Waals surface area (Å²) in [6, 6.07) is 7.60. The fourth-order valence-corrected chi connectivity index (χ4v) is 7.62. The summed E-state index contributed by atoms with van der Waals surface area (Å²) in [5.74, 6) is 1.97. The monoisotopic (exact) mass is 846 g/mol. The summed E-state index contributed by atoms with van der Waals surface area (Å²) >= 11 is 0. The van der Waals surface area contributed by atoms with Crippen molar-refractivity contribution in [1.82, 2.24) is 19.1 Å². The Hall–Kier alpha value is -3.19. The molecule has 2 aliphatic rings. The number of H-pyrrole nitrogens is 1. The topological polar surface area (TPSA) is 165 Å². The first-order valence-corrected chi connectivity index (χ1v) is 22.2. The molecule has 16 heteroatoms. The number of hydrogen-bond donors (Lipinski definition) is 1. The van der Waals surface area contributed by atoms with E-state index in [1.807, 2.05) is 24.3 Å². The van der Waals surface area contributed by atoms with Crippen molar-refractivity contribution in [3.05, 3.63) is 45.1 Å². The van der Waals surface area contributed by atoms with Gasteiger partial charge in [-0.1, -0.05) is 50.7 Å². The van der Waals surface area contributed by atoms with Gasteiger partial charge in [-0.15, -0.1) is 0 Å². The van der Waals surface area contributed by atoms with Crippen LogP contribution < -0.4 is 16.0 Å². The molecule has 2 aliphatic carbocycles. The molecule has 0 spiro atoms. The van der Waals surface area contributed by atoms with Gasteiger partial charge in [-0.05, 0) is 49.7 Å². The molecule has 60 heavy (non-hydrogen) atoms. The number of aromatic amines is 1. The lowest BCUT2D eigenvalue weighted by atomic mass is 9.89. The molecule has 1 N–H and O–H groups in total. The van der Waals surface area contributed by atoms with Crippen LogP contribution >= 0.6 is 0 Å². The Morgan fingerprint density at radius 3 is 1.47 bits per heavy atom. The Labute approximate surface area is 354 Å². The van der Waals surface area contributed by atoms with Crippen LogP contribution in [0, 0.1) is 11.8 Å². The standard InChI is InChI=1S/C44H70N4O12/c1-51-15-16-52-17-18-53-19-20-54-21-22-55-23-24-56-25-26-57-27-28-58-29-30-59-31-32-60-39-14-8-13-38(33-39)41-45-40-42(46-41)47(34-36-9-4-2-5-10-36)44(50)48(43(40)49)35-37-11-6-3-7-12-37/h8,13-14,33,36-37H,2-7,9-12,15-32,34-35H2,1H3,(H,45,46). The molecule has 0 aliphatic heterocycles. The summed E-state index contributed by atoms with van der Waals surface area (Å²) in [5.41, 5.74) is 1.11. The number of fused-ring (bicyclic) bond motifs is 1. The van der Waals surface area contributed by atoms with E-state index in [1.165, 1.54) is 30.3 Å². The Bertz CT molecular complexity index is 1700. The minimum absolute atomic E-state index is 0.231. The van der Waals surface area contributed by atoms with Crippen molar-refractivity contribution in [3.63, 3.8) is 0 Å². The molecule has 338 valence electrons. The molecule has 2 fully saturated rings. The lowest BCUT2D eigenvalue weighted by Gasteiger charge is -2.24. The zero-order chi connectivity index (χ0) is 41.9. The summed E-state index contributed by atoms with van der Waals surface area (Å²) in [6.07, 6.45) is 11.4. The van der Waals surface area contributed by atoms with E-state index in [2.05, 4.69) is 4.98 Å². The molecular weight excluding hydrogens is 776 g/mol. The smallest absolute Gasteiger partial charge is 0.332 e. The van der Waals surface area contributed by atoms with E-state index >= 15 is 0 Å². The van der Waals surface area contributed by atoms with Gasteiger partial charge in [-0.25, -0.2) is 9.78 Å². The fourth-order valence-electron chi connectivity index (χ4n) is 7.62. The molecule has 2 heterocycles. The Morgan fingerprint density at radius 1 is 0.567 bits per heavy atom. The Balaban J connectivity index is 0.907. The largest absolute Gasteiger partial charge is 0.491 e. The van der Waals surface area contributed by atoms with Gasteiger partial charge in [-0.3, -0.25) is 13.9 Å². The van der Waals surface area contributed by atoms with Crippen LogP contribution in [0.3, 0.4) is 0 Å². The van der Waals surface area contributed by atoms with Crippen molar-refractivity contribution in [2.75, 3.05) is 126 Å². The molecule has 0 atom stereocenters. The molecule has 1 aromatic carbocycles. The number of rotatable bonds is 33. The number of aromatic nitrogens is 4. The number of nitrogens with zero attached hydrogens (tertiary/aromatic N) is 3. The van der Waals surface area contributed by atoms with Crippen molar-refractivity contribution in [3.8, 4) is 17.1 Å². The number of imidazole rings is 1. The van der Waals surface area contributed by atoms with Gasteiger partial charge in [0.2, 0.25) is 0 Å². The number of benzene rings is 1. The van der Waals surface area contributed by atoms with Crippen LogP contribution in [0.2, 0.25) is 0 Å². The first-order chi connectivity index (χ1) is 29.6. The van der Waals surface area contributed by atoms with E-state index in [1.54, 1.807) is 11.7 Å². The minimum Gasteiger partial charge on any atom is -0.491 e. The molecule has 2 aromatic heterocycles. The van der Waals surface area contributed by atoms with Gasteiger partial charge in [0.05, 0.1) is 112 Å². The van der Waals surface area contributed by atoms with Crippen LogP contribution in [-0.2, 0) is 55.7 Å². The van der Waals surface area contributed by atoms with E-state index in [-0.39, 0.29) is 11.2 Å². The van der Waals surface area contributed by atoms with E-state index in [0.29, 0.717) is 167 Å². The van der Waals surface area contributed by atoms with Crippen LogP contribution in [0.4, 0.5) is 0 Å². The summed E-state index contributed by atoms with van der Waals surface area (Å²) in [6.45, 7) is 9.92. The van der Waals surface area contributed by atoms with Gasteiger partial charge in [0.1, 0.15) is 23.7 Å². The fraction of sp³-hybridized carbons (Fsp3) is 0.750. The van der Waals surface area contributed by atoms with Crippen LogP contribution in [0.15, 0.2) is 33.9 Å². The van der Waals surface area contributed by atoms with Gasteiger partial charge in [-0.2, -0.15) is 0 Å². The van der Waals surface area contributed by atoms with Crippen molar-refractivity contribution >= 4 is 11.2 Å². The van der Waals surface area contributed by atoms with Crippen LogP contribution in [0.1, 0.15) is 64.2 Å². The molecule has 0 radical (unpaired) electrons. The van der Waals surface area contributed by atoms with E-state index in [0.717, 1.165) is 44.1 Å². The number of hydrogen-bond acceptors (Lipinski definition) is 13. The highest BCUT2D eigenvalue weighted by atomic mass is 16.6.